The Morgan fingerprint density at radius 1 is 1.28 bits per heavy atom. The number of nitrogens with zero attached hydrogens (tertiary/aromatic N) is 2. The van der Waals surface area contributed by atoms with Crippen molar-refractivity contribution < 1.29 is 14.3 Å². The van der Waals surface area contributed by atoms with Gasteiger partial charge in [-0.1, -0.05) is 6.92 Å². The van der Waals surface area contributed by atoms with E-state index < -0.39 is 0 Å². The van der Waals surface area contributed by atoms with E-state index in [1.807, 2.05) is 43.0 Å². The first-order chi connectivity index (χ1) is 11.9. The standard InChI is InChI=1S/C20H30N2O3/c1-15(2)25-19-9-7-18(8-10-19)22(17(4)23)13-11-20(24)21-12-5-6-16(3)14-21/h7-10,15-16H,5-6,11-14H2,1-4H3. The van der Waals surface area contributed by atoms with Gasteiger partial charge in [-0.05, 0) is 56.9 Å². The number of hydrogen-bond acceptors (Lipinski definition) is 3. The molecule has 0 spiro atoms. The summed E-state index contributed by atoms with van der Waals surface area (Å²) in [6, 6.07) is 7.46. The van der Waals surface area contributed by atoms with Crippen molar-refractivity contribution in [3.8, 4) is 5.75 Å². The third-order valence-electron chi connectivity index (χ3n) is 4.46. The molecule has 1 unspecified atom stereocenters. The average molecular weight is 346 g/mol. The minimum absolute atomic E-state index is 0.0580. The van der Waals surface area contributed by atoms with Crippen LogP contribution in [0.5, 0.6) is 5.75 Å². The molecule has 0 aromatic heterocycles. The molecular weight excluding hydrogens is 316 g/mol. The second-order valence-corrected chi connectivity index (χ2v) is 7.17. The van der Waals surface area contributed by atoms with Gasteiger partial charge in [-0.2, -0.15) is 0 Å². The van der Waals surface area contributed by atoms with Crippen LogP contribution in [-0.4, -0.2) is 42.5 Å². The highest BCUT2D eigenvalue weighted by molar-refractivity contribution is 5.92. The fraction of sp³-hybridized carbons (Fsp3) is 0.600. The first-order valence-corrected chi connectivity index (χ1v) is 9.19. The predicted molar refractivity (Wildman–Crippen MR) is 99.8 cm³/mol. The first kappa shape index (κ1) is 19.3. The van der Waals surface area contributed by atoms with E-state index in [4.69, 9.17) is 4.74 Å². The Labute approximate surface area is 150 Å². The van der Waals surface area contributed by atoms with Crippen molar-refractivity contribution in [3.05, 3.63) is 24.3 Å². The van der Waals surface area contributed by atoms with Crippen molar-refractivity contribution in [2.45, 2.75) is 53.1 Å². The van der Waals surface area contributed by atoms with Crippen molar-refractivity contribution in [3.63, 3.8) is 0 Å². The number of benzene rings is 1. The van der Waals surface area contributed by atoms with Gasteiger partial charge >= 0.3 is 0 Å². The summed E-state index contributed by atoms with van der Waals surface area (Å²) in [7, 11) is 0. The number of carbonyl (C=O) groups excluding carboxylic acids is 2. The molecule has 5 heteroatoms. The van der Waals surface area contributed by atoms with Crippen molar-refractivity contribution in [2.24, 2.45) is 5.92 Å². The summed E-state index contributed by atoms with van der Waals surface area (Å²) >= 11 is 0. The van der Waals surface area contributed by atoms with Crippen LogP contribution in [0.25, 0.3) is 0 Å². The molecule has 138 valence electrons. The molecule has 25 heavy (non-hydrogen) atoms. The minimum Gasteiger partial charge on any atom is -0.491 e. The van der Waals surface area contributed by atoms with E-state index in [1.54, 1.807) is 4.90 Å². The zero-order valence-electron chi connectivity index (χ0n) is 15.8. The van der Waals surface area contributed by atoms with E-state index in [1.165, 1.54) is 13.3 Å². The molecule has 1 saturated heterocycles. The van der Waals surface area contributed by atoms with E-state index in [0.29, 0.717) is 18.9 Å². The zero-order chi connectivity index (χ0) is 18.4. The second-order valence-electron chi connectivity index (χ2n) is 7.17. The smallest absolute Gasteiger partial charge is 0.224 e. The Kier molecular flexibility index (Phi) is 6.85. The average Bonchev–Trinajstić information content (AvgIpc) is 2.55. The van der Waals surface area contributed by atoms with Gasteiger partial charge in [0.2, 0.25) is 11.8 Å². The van der Waals surface area contributed by atoms with E-state index >= 15 is 0 Å². The topological polar surface area (TPSA) is 49.9 Å². The lowest BCUT2D eigenvalue weighted by atomic mass is 10.00. The molecule has 1 aromatic rings. The second kappa shape index (κ2) is 8.88. The maximum atomic E-state index is 12.4. The summed E-state index contributed by atoms with van der Waals surface area (Å²) in [6.45, 7) is 9.74. The lowest BCUT2D eigenvalue weighted by Gasteiger charge is -2.31. The van der Waals surface area contributed by atoms with Gasteiger partial charge in [0.1, 0.15) is 5.75 Å². The van der Waals surface area contributed by atoms with Gasteiger partial charge in [-0.25, -0.2) is 0 Å². The summed E-state index contributed by atoms with van der Waals surface area (Å²) < 4.78 is 5.63. The quantitative estimate of drug-likeness (QED) is 0.792. The number of ether oxygens (including phenoxy) is 1. The van der Waals surface area contributed by atoms with Crippen LogP contribution in [0, 0.1) is 5.92 Å². The summed E-state index contributed by atoms with van der Waals surface area (Å²) in [5, 5.41) is 0. The maximum absolute atomic E-state index is 12.4. The highest BCUT2D eigenvalue weighted by Gasteiger charge is 2.22. The molecule has 0 bridgehead atoms. The van der Waals surface area contributed by atoms with Gasteiger partial charge in [0.25, 0.3) is 0 Å². The number of likely N-dealkylation sites (tertiary alicyclic amines) is 1. The molecule has 1 heterocycles. The van der Waals surface area contributed by atoms with Crippen molar-refractivity contribution in [2.75, 3.05) is 24.5 Å². The van der Waals surface area contributed by atoms with Gasteiger partial charge in [0.15, 0.2) is 0 Å². The molecule has 1 aromatic carbocycles. The van der Waals surface area contributed by atoms with Crippen LogP contribution in [0.2, 0.25) is 0 Å². The summed E-state index contributed by atoms with van der Waals surface area (Å²) in [5.74, 6) is 1.42. The molecule has 2 amide bonds. The Bertz CT molecular complexity index is 583. The minimum atomic E-state index is -0.0580. The number of piperidine rings is 1. The van der Waals surface area contributed by atoms with E-state index in [9.17, 15) is 9.59 Å². The molecule has 0 N–H and O–H groups in total. The fourth-order valence-corrected chi connectivity index (χ4v) is 3.23. The number of hydrogen-bond donors (Lipinski definition) is 0. The number of carbonyl (C=O) groups is 2. The predicted octanol–water partition coefficient (Wildman–Crippen LogP) is 3.48. The highest BCUT2D eigenvalue weighted by Crippen LogP contribution is 2.21. The Balaban J connectivity index is 1.96. The van der Waals surface area contributed by atoms with Gasteiger partial charge in [0, 0.05) is 38.7 Å². The van der Waals surface area contributed by atoms with E-state index in [2.05, 4.69) is 6.92 Å². The molecule has 0 aliphatic carbocycles. The lowest BCUT2D eigenvalue weighted by molar-refractivity contribution is -0.132. The van der Waals surface area contributed by atoms with Crippen LogP contribution in [0.1, 0.15) is 47.0 Å². The van der Waals surface area contributed by atoms with Crippen molar-refractivity contribution >= 4 is 17.5 Å². The molecule has 1 aliphatic heterocycles. The van der Waals surface area contributed by atoms with Gasteiger partial charge < -0.3 is 14.5 Å². The molecule has 1 fully saturated rings. The third-order valence-corrected chi connectivity index (χ3v) is 4.46. The normalized spacial score (nSPS) is 17.5. The molecule has 0 radical (unpaired) electrons. The molecule has 0 saturated carbocycles. The Morgan fingerprint density at radius 3 is 2.52 bits per heavy atom. The summed E-state index contributed by atoms with van der Waals surface area (Å²) in [5.41, 5.74) is 0.795. The first-order valence-electron chi connectivity index (χ1n) is 9.19. The molecule has 1 aliphatic rings. The monoisotopic (exact) mass is 346 g/mol. The van der Waals surface area contributed by atoms with Crippen molar-refractivity contribution in [1.29, 1.82) is 0 Å². The number of amides is 2. The largest absolute Gasteiger partial charge is 0.491 e. The molecular formula is C20H30N2O3. The van der Waals surface area contributed by atoms with Crippen LogP contribution in [0.15, 0.2) is 24.3 Å². The zero-order valence-corrected chi connectivity index (χ0v) is 15.8. The maximum Gasteiger partial charge on any atom is 0.224 e. The van der Waals surface area contributed by atoms with Crippen LogP contribution in [-0.2, 0) is 9.59 Å². The van der Waals surface area contributed by atoms with Crippen LogP contribution in [0.4, 0.5) is 5.69 Å². The Morgan fingerprint density at radius 2 is 1.96 bits per heavy atom. The van der Waals surface area contributed by atoms with Gasteiger partial charge in [0.05, 0.1) is 6.10 Å². The van der Waals surface area contributed by atoms with Crippen molar-refractivity contribution in [1.82, 2.24) is 4.90 Å². The van der Waals surface area contributed by atoms with Gasteiger partial charge in [-0.3, -0.25) is 9.59 Å². The van der Waals surface area contributed by atoms with E-state index in [0.717, 1.165) is 30.9 Å². The van der Waals surface area contributed by atoms with Gasteiger partial charge in [-0.15, -0.1) is 0 Å². The molecule has 2 rings (SSSR count). The summed E-state index contributed by atoms with van der Waals surface area (Å²) in [4.78, 5) is 28.1. The number of rotatable bonds is 6. The lowest BCUT2D eigenvalue weighted by Crippen LogP contribution is -2.41. The van der Waals surface area contributed by atoms with Crippen LogP contribution < -0.4 is 9.64 Å². The van der Waals surface area contributed by atoms with Crippen LogP contribution >= 0.6 is 0 Å². The number of anilines is 1. The molecule has 1 atom stereocenters. The summed E-state index contributed by atoms with van der Waals surface area (Å²) in [6.07, 6.45) is 2.73. The fourth-order valence-electron chi connectivity index (χ4n) is 3.23. The van der Waals surface area contributed by atoms with E-state index in [-0.39, 0.29) is 17.9 Å². The van der Waals surface area contributed by atoms with Crippen LogP contribution in [0.3, 0.4) is 0 Å². The SMILES string of the molecule is CC(=O)N(CCC(=O)N1CCCC(C)C1)c1ccc(OC(C)C)cc1. The molecule has 5 nitrogen and oxygen atoms in total. The Hall–Kier alpha value is -2.04. The third kappa shape index (κ3) is 5.76. The highest BCUT2D eigenvalue weighted by atomic mass is 16.5.